The number of amides is 1. The van der Waals surface area contributed by atoms with Gasteiger partial charge in [-0.2, -0.15) is 0 Å². The van der Waals surface area contributed by atoms with Crippen molar-refractivity contribution in [1.82, 2.24) is 15.2 Å². The van der Waals surface area contributed by atoms with Crippen molar-refractivity contribution >= 4 is 51.6 Å². The molecular weight excluding hydrogens is 472 g/mol. The molecule has 1 aliphatic rings. The molecule has 0 spiro atoms. The van der Waals surface area contributed by atoms with Crippen LogP contribution >= 0.6 is 34.8 Å². The highest BCUT2D eigenvalue weighted by atomic mass is 35.5. The summed E-state index contributed by atoms with van der Waals surface area (Å²) in [5.74, 6) is -0.469. The Morgan fingerprint density at radius 1 is 1.28 bits per heavy atom. The van der Waals surface area contributed by atoms with Crippen molar-refractivity contribution in [2.75, 3.05) is 13.1 Å². The van der Waals surface area contributed by atoms with Gasteiger partial charge in [0.05, 0.1) is 11.6 Å². The number of H-pyrrole nitrogens is 1. The van der Waals surface area contributed by atoms with E-state index in [0.717, 1.165) is 40.7 Å². The van der Waals surface area contributed by atoms with Crippen molar-refractivity contribution < 1.29 is 9.18 Å². The third-order valence-electron chi connectivity index (χ3n) is 5.06. The highest BCUT2D eigenvalue weighted by Gasteiger charge is 2.22. The van der Waals surface area contributed by atoms with Gasteiger partial charge in [-0.3, -0.25) is 9.69 Å². The van der Waals surface area contributed by atoms with Crippen molar-refractivity contribution in [2.24, 2.45) is 0 Å². The lowest BCUT2D eigenvalue weighted by Crippen LogP contribution is -2.39. The van der Waals surface area contributed by atoms with Gasteiger partial charge in [0.25, 0.3) is 0 Å². The van der Waals surface area contributed by atoms with Gasteiger partial charge >= 0.3 is 0 Å². The second-order valence-corrected chi connectivity index (χ2v) is 8.74. The van der Waals surface area contributed by atoms with Gasteiger partial charge in [0, 0.05) is 46.3 Å². The summed E-state index contributed by atoms with van der Waals surface area (Å²) in [6.07, 6.45) is 2.28. The van der Waals surface area contributed by atoms with Gasteiger partial charge in [-0.05, 0) is 41.8 Å². The molecule has 2 N–H and O–H groups in total. The maximum absolute atomic E-state index is 13.7. The molecule has 1 aliphatic heterocycles. The molecule has 0 bridgehead atoms. The number of allylic oxidation sites excluding steroid dienone is 2. The minimum Gasteiger partial charge on any atom is -0.357 e. The van der Waals surface area contributed by atoms with Gasteiger partial charge in [-0.15, -0.1) is 0 Å². The average molecular weight is 495 g/mol. The molecule has 0 aliphatic carbocycles. The minimum atomic E-state index is -0.431. The number of halogens is 4. The molecule has 1 amide bonds. The monoisotopic (exact) mass is 493 g/mol. The van der Waals surface area contributed by atoms with Crippen LogP contribution in [0.25, 0.3) is 10.9 Å². The topological polar surface area (TPSA) is 48.1 Å². The van der Waals surface area contributed by atoms with E-state index in [1.807, 2.05) is 18.2 Å². The summed E-state index contributed by atoms with van der Waals surface area (Å²) in [6, 6.07) is 10.5. The molecule has 4 nitrogen and oxygen atoms in total. The van der Waals surface area contributed by atoms with E-state index in [2.05, 4.69) is 28.4 Å². The average Bonchev–Trinajstić information content (AvgIpc) is 3.09. The number of rotatable bonds is 5. The molecule has 168 valence electrons. The van der Waals surface area contributed by atoms with Crippen LogP contribution in [0.5, 0.6) is 0 Å². The first-order chi connectivity index (χ1) is 15.3. The first kappa shape index (κ1) is 24.3. The van der Waals surface area contributed by atoms with E-state index in [1.54, 1.807) is 12.1 Å². The highest BCUT2D eigenvalue weighted by Crippen LogP contribution is 2.31. The molecule has 2 aromatic carbocycles. The number of nitrogens with one attached hydrogen (secondary N) is 2. The van der Waals surface area contributed by atoms with Gasteiger partial charge in [0.15, 0.2) is 0 Å². The predicted molar refractivity (Wildman–Crippen MR) is 131 cm³/mol. The molecule has 3 aromatic rings. The fourth-order valence-corrected chi connectivity index (χ4v) is 3.91. The largest absolute Gasteiger partial charge is 0.357 e. The van der Waals surface area contributed by atoms with Gasteiger partial charge in [-0.25, -0.2) is 4.39 Å². The van der Waals surface area contributed by atoms with Gasteiger partial charge in [0.1, 0.15) is 5.82 Å². The maximum Gasteiger partial charge on any atom is 0.234 e. The number of carbonyl (C=O) groups excluding carboxylic acids is 1. The van der Waals surface area contributed by atoms with Crippen molar-refractivity contribution in [2.45, 2.75) is 19.5 Å². The Hall–Kier alpha value is -2.31. The summed E-state index contributed by atoms with van der Waals surface area (Å²) in [5, 5.41) is 5.16. The van der Waals surface area contributed by atoms with Crippen LogP contribution in [-0.4, -0.2) is 28.9 Å². The zero-order valence-electron chi connectivity index (χ0n) is 17.4. The van der Waals surface area contributed by atoms with E-state index >= 15 is 0 Å². The zero-order chi connectivity index (χ0) is 23.3. The molecule has 0 fully saturated rings. The molecule has 2 heterocycles. The van der Waals surface area contributed by atoms with E-state index in [1.165, 1.54) is 12.1 Å². The lowest BCUT2D eigenvalue weighted by atomic mass is 10.0. The van der Waals surface area contributed by atoms with E-state index in [0.29, 0.717) is 29.7 Å². The lowest BCUT2D eigenvalue weighted by Gasteiger charge is -2.26. The second kappa shape index (κ2) is 11.0. The first-order valence-electron chi connectivity index (χ1n) is 9.95. The van der Waals surface area contributed by atoms with E-state index in [-0.39, 0.29) is 10.9 Å². The van der Waals surface area contributed by atoms with E-state index < -0.39 is 5.82 Å². The summed E-state index contributed by atoms with van der Waals surface area (Å²) in [6.45, 7) is 8.79. The van der Waals surface area contributed by atoms with Gasteiger partial charge < -0.3 is 10.3 Å². The molecular formula is C24H23Cl3FN3O. The lowest BCUT2D eigenvalue weighted by molar-refractivity contribution is -0.122. The number of hydrogen-bond donors (Lipinski definition) is 2. The van der Waals surface area contributed by atoms with Crippen molar-refractivity contribution in [3.05, 3.63) is 93.3 Å². The number of aromatic nitrogens is 1. The van der Waals surface area contributed by atoms with Gasteiger partial charge in [-0.1, -0.05) is 66.2 Å². The van der Waals surface area contributed by atoms with Crippen molar-refractivity contribution in [3.63, 3.8) is 0 Å². The standard InChI is InChI=1S/C20H18Cl2FN3O.C4H5Cl/c21-13-3-1-2-12(6-13)9-24-20(27)11-26-5-4-14-15-7-16(22)17(23)8-18(15)25-19(14)10-26;1-3-4(2)5/h1-3,6-8,25H,4-5,9-11H2,(H,24,27);3H,1-2H2. The van der Waals surface area contributed by atoms with Crippen LogP contribution in [0.2, 0.25) is 10.0 Å². The number of nitrogens with zero attached hydrogens (tertiary/aromatic N) is 1. The van der Waals surface area contributed by atoms with Crippen LogP contribution in [-0.2, 0) is 24.3 Å². The summed E-state index contributed by atoms with van der Waals surface area (Å²) in [7, 11) is 0. The molecule has 4 rings (SSSR count). The smallest absolute Gasteiger partial charge is 0.234 e. The molecule has 0 saturated heterocycles. The Balaban J connectivity index is 0.000000523. The normalized spacial score (nSPS) is 13.1. The molecule has 8 heteroatoms. The SMILES string of the molecule is C=CC(=C)Cl.O=C(CN1CCc2c([nH]c3cc(F)c(Cl)cc23)C1)NCc1cccc(Cl)c1. The van der Waals surface area contributed by atoms with Crippen LogP contribution in [0.3, 0.4) is 0 Å². The summed E-state index contributed by atoms with van der Waals surface area (Å²) in [4.78, 5) is 17.6. The van der Waals surface area contributed by atoms with Crippen LogP contribution in [0.4, 0.5) is 4.39 Å². The fraction of sp³-hybridized carbons (Fsp3) is 0.208. The first-order valence-corrected chi connectivity index (χ1v) is 11.1. The summed E-state index contributed by atoms with van der Waals surface area (Å²) < 4.78 is 13.7. The molecule has 0 radical (unpaired) electrons. The number of hydrogen-bond acceptors (Lipinski definition) is 2. The summed E-state index contributed by atoms with van der Waals surface area (Å²) >= 11 is 17.0. The Morgan fingerprint density at radius 3 is 2.72 bits per heavy atom. The maximum atomic E-state index is 13.7. The van der Waals surface area contributed by atoms with E-state index in [9.17, 15) is 9.18 Å². The summed E-state index contributed by atoms with van der Waals surface area (Å²) in [5.41, 5.74) is 3.88. The van der Waals surface area contributed by atoms with Crippen LogP contribution < -0.4 is 5.32 Å². The molecule has 0 saturated carbocycles. The van der Waals surface area contributed by atoms with Crippen molar-refractivity contribution in [3.8, 4) is 0 Å². The molecule has 1 aromatic heterocycles. The Kier molecular flexibility index (Phi) is 8.38. The highest BCUT2D eigenvalue weighted by molar-refractivity contribution is 6.31. The minimum absolute atomic E-state index is 0.0383. The third-order valence-corrected chi connectivity index (χ3v) is 5.74. The number of aromatic amines is 1. The zero-order valence-corrected chi connectivity index (χ0v) is 19.6. The predicted octanol–water partition coefficient (Wildman–Crippen LogP) is 6.21. The molecule has 0 atom stereocenters. The number of benzene rings is 2. The Labute approximate surface area is 201 Å². The fourth-order valence-electron chi connectivity index (χ4n) is 3.54. The Bertz CT molecular complexity index is 1160. The van der Waals surface area contributed by atoms with Crippen LogP contribution in [0, 0.1) is 5.82 Å². The van der Waals surface area contributed by atoms with Crippen LogP contribution in [0.1, 0.15) is 16.8 Å². The van der Waals surface area contributed by atoms with Gasteiger partial charge in [0.2, 0.25) is 5.91 Å². The molecule has 0 unspecified atom stereocenters. The van der Waals surface area contributed by atoms with E-state index in [4.69, 9.17) is 34.8 Å². The number of carbonyl (C=O) groups is 1. The quantitative estimate of drug-likeness (QED) is 0.414. The molecule has 32 heavy (non-hydrogen) atoms. The third kappa shape index (κ3) is 6.36. The van der Waals surface area contributed by atoms with Crippen LogP contribution in [0.15, 0.2) is 60.7 Å². The van der Waals surface area contributed by atoms with Crippen molar-refractivity contribution in [1.29, 1.82) is 0 Å². The number of fused-ring (bicyclic) bond motifs is 3. The second-order valence-electron chi connectivity index (χ2n) is 7.41. The Morgan fingerprint density at radius 2 is 2.03 bits per heavy atom.